The second-order valence-electron chi connectivity index (χ2n) is 8.72. The van der Waals surface area contributed by atoms with Gasteiger partial charge in [-0.1, -0.05) is 70.0 Å². The minimum Gasteiger partial charge on any atom is -0.325 e. The molecular weight excluding hydrogens is 610 g/mol. The van der Waals surface area contributed by atoms with E-state index in [4.69, 9.17) is 11.6 Å². The fraction of sp³-hybridized carbons (Fsp3) is 0.0645. The Labute approximate surface area is 250 Å². The van der Waals surface area contributed by atoms with Gasteiger partial charge in [0, 0.05) is 31.3 Å². The van der Waals surface area contributed by atoms with Crippen LogP contribution in [0.15, 0.2) is 112 Å². The molecule has 202 valence electrons. The SMILES string of the molecule is Cc1ccc(NC(=O)CSc2cccc(NC(=O)/C(=C\c3cccc(Br)c3)NC(=O)c3ccccc3)c2)cc1Cl. The first-order valence-corrected chi connectivity index (χ1v) is 14.4. The summed E-state index contributed by atoms with van der Waals surface area (Å²) in [6, 6.07) is 28.6. The Balaban J connectivity index is 1.44. The first-order valence-electron chi connectivity index (χ1n) is 12.2. The topological polar surface area (TPSA) is 87.3 Å². The summed E-state index contributed by atoms with van der Waals surface area (Å²) in [5, 5.41) is 9.01. The second kappa shape index (κ2) is 14.0. The van der Waals surface area contributed by atoms with Crippen LogP contribution in [0, 0.1) is 6.92 Å². The van der Waals surface area contributed by atoms with Crippen LogP contribution in [0.3, 0.4) is 0 Å². The highest BCUT2D eigenvalue weighted by molar-refractivity contribution is 9.10. The van der Waals surface area contributed by atoms with Crippen LogP contribution in [0.2, 0.25) is 5.02 Å². The maximum Gasteiger partial charge on any atom is 0.272 e. The van der Waals surface area contributed by atoms with E-state index >= 15 is 0 Å². The van der Waals surface area contributed by atoms with Crippen LogP contribution in [0.25, 0.3) is 6.08 Å². The van der Waals surface area contributed by atoms with Gasteiger partial charge in [0.15, 0.2) is 0 Å². The normalized spacial score (nSPS) is 11.0. The molecule has 0 saturated heterocycles. The summed E-state index contributed by atoms with van der Waals surface area (Å²) < 4.78 is 0.842. The van der Waals surface area contributed by atoms with Crippen LogP contribution in [-0.2, 0) is 9.59 Å². The van der Waals surface area contributed by atoms with Crippen LogP contribution in [0.5, 0.6) is 0 Å². The zero-order valence-electron chi connectivity index (χ0n) is 21.4. The zero-order chi connectivity index (χ0) is 28.5. The Kier molecular flexibility index (Phi) is 10.2. The van der Waals surface area contributed by atoms with E-state index in [2.05, 4.69) is 31.9 Å². The number of amides is 3. The lowest BCUT2D eigenvalue weighted by Gasteiger charge is -2.12. The van der Waals surface area contributed by atoms with Crippen molar-refractivity contribution < 1.29 is 14.4 Å². The number of nitrogens with one attached hydrogen (secondary N) is 3. The van der Waals surface area contributed by atoms with Crippen LogP contribution in [0.4, 0.5) is 11.4 Å². The van der Waals surface area contributed by atoms with Crippen molar-refractivity contribution in [3.8, 4) is 0 Å². The van der Waals surface area contributed by atoms with Gasteiger partial charge in [-0.3, -0.25) is 14.4 Å². The molecule has 40 heavy (non-hydrogen) atoms. The number of rotatable bonds is 9. The molecule has 0 unspecified atom stereocenters. The molecule has 0 aromatic heterocycles. The third-order valence-corrected chi connectivity index (χ3v) is 7.50. The quantitative estimate of drug-likeness (QED) is 0.131. The molecule has 6 nitrogen and oxygen atoms in total. The Morgan fingerprint density at radius 2 is 1.60 bits per heavy atom. The molecule has 0 aliphatic rings. The summed E-state index contributed by atoms with van der Waals surface area (Å²) in [6.45, 7) is 1.90. The lowest BCUT2D eigenvalue weighted by molar-refractivity contribution is -0.114. The van der Waals surface area contributed by atoms with Gasteiger partial charge < -0.3 is 16.0 Å². The molecule has 4 rings (SSSR count). The summed E-state index contributed by atoms with van der Waals surface area (Å²) in [6.07, 6.45) is 1.61. The standard InChI is InChI=1S/C31H25BrClN3O3S/c1-20-13-14-25(18-27(20)33)34-29(37)19-40-26-12-6-11-24(17-26)35-31(39)28(16-21-7-5-10-23(32)15-21)36-30(38)22-8-3-2-4-9-22/h2-18H,19H2,1H3,(H,34,37)(H,35,39)(H,36,38)/b28-16+. The number of aryl methyl sites for hydroxylation is 1. The molecule has 0 spiro atoms. The summed E-state index contributed by atoms with van der Waals surface area (Å²) in [5.41, 5.74) is 3.33. The van der Waals surface area contributed by atoms with Crippen molar-refractivity contribution in [3.05, 3.63) is 129 Å². The van der Waals surface area contributed by atoms with E-state index in [1.807, 2.05) is 49.4 Å². The molecule has 3 amide bonds. The van der Waals surface area contributed by atoms with E-state index in [9.17, 15) is 14.4 Å². The Morgan fingerprint density at radius 3 is 2.35 bits per heavy atom. The van der Waals surface area contributed by atoms with Gasteiger partial charge in [-0.25, -0.2) is 0 Å². The van der Waals surface area contributed by atoms with E-state index in [1.165, 1.54) is 11.8 Å². The lowest BCUT2D eigenvalue weighted by atomic mass is 10.1. The maximum atomic E-state index is 13.3. The number of halogens is 2. The molecule has 0 aliphatic heterocycles. The van der Waals surface area contributed by atoms with Crippen LogP contribution in [-0.4, -0.2) is 23.5 Å². The molecule has 0 bridgehead atoms. The largest absolute Gasteiger partial charge is 0.325 e. The van der Waals surface area contributed by atoms with Crippen LogP contribution in [0.1, 0.15) is 21.5 Å². The Bertz CT molecular complexity index is 1580. The fourth-order valence-electron chi connectivity index (χ4n) is 3.58. The van der Waals surface area contributed by atoms with Crippen molar-refractivity contribution in [1.29, 1.82) is 0 Å². The molecule has 0 radical (unpaired) electrons. The smallest absolute Gasteiger partial charge is 0.272 e. The molecule has 0 saturated carbocycles. The van der Waals surface area contributed by atoms with Gasteiger partial charge in [0.2, 0.25) is 5.91 Å². The predicted octanol–water partition coefficient (Wildman–Crippen LogP) is 7.55. The van der Waals surface area contributed by atoms with E-state index < -0.39 is 11.8 Å². The Morgan fingerprint density at radius 1 is 0.850 bits per heavy atom. The van der Waals surface area contributed by atoms with E-state index in [0.717, 1.165) is 20.5 Å². The third kappa shape index (κ3) is 8.58. The highest BCUT2D eigenvalue weighted by atomic mass is 79.9. The van der Waals surface area contributed by atoms with Gasteiger partial charge in [-0.15, -0.1) is 11.8 Å². The van der Waals surface area contributed by atoms with Gasteiger partial charge in [0.25, 0.3) is 11.8 Å². The van der Waals surface area contributed by atoms with E-state index in [0.29, 0.717) is 22.0 Å². The highest BCUT2D eigenvalue weighted by Crippen LogP contribution is 2.24. The molecule has 0 atom stereocenters. The molecule has 0 heterocycles. The van der Waals surface area contributed by atoms with Crippen molar-refractivity contribution in [2.45, 2.75) is 11.8 Å². The number of hydrogen-bond donors (Lipinski definition) is 3. The van der Waals surface area contributed by atoms with Crippen molar-refractivity contribution >= 4 is 74.5 Å². The second-order valence-corrected chi connectivity index (χ2v) is 11.1. The third-order valence-electron chi connectivity index (χ3n) is 5.61. The average Bonchev–Trinajstić information content (AvgIpc) is 2.94. The monoisotopic (exact) mass is 633 g/mol. The average molecular weight is 635 g/mol. The Hall–Kier alpha value is -3.85. The van der Waals surface area contributed by atoms with Gasteiger partial charge in [-0.2, -0.15) is 0 Å². The maximum absolute atomic E-state index is 13.3. The first kappa shape index (κ1) is 29.1. The van der Waals surface area contributed by atoms with Crippen molar-refractivity contribution in [2.75, 3.05) is 16.4 Å². The molecule has 4 aromatic rings. The minimum atomic E-state index is -0.486. The number of carbonyl (C=O) groups excluding carboxylic acids is 3. The number of benzene rings is 4. The molecule has 9 heteroatoms. The van der Waals surface area contributed by atoms with E-state index in [1.54, 1.807) is 60.7 Å². The molecule has 3 N–H and O–H groups in total. The number of anilines is 2. The van der Waals surface area contributed by atoms with Gasteiger partial charge >= 0.3 is 0 Å². The number of hydrogen-bond acceptors (Lipinski definition) is 4. The number of carbonyl (C=O) groups is 3. The van der Waals surface area contributed by atoms with E-state index in [-0.39, 0.29) is 17.4 Å². The summed E-state index contributed by atoms with van der Waals surface area (Å²) in [7, 11) is 0. The summed E-state index contributed by atoms with van der Waals surface area (Å²) in [5.74, 6) is -0.894. The molecule has 0 aliphatic carbocycles. The molecular formula is C31H25BrClN3O3S. The van der Waals surface area contributed by atoms with Gasteiger partial charge in [-0.05, 0) is 78.7 Å². The van der Waals surface area contributed by atoms with Gasteiger partial charge in [0.1, 0.15) is 5.70 Å². The summed E-state index contributed by atoms with van der Waals surface area (Å²) >= 11 is 10.9. The highest BCUT2D eigenvalue weighted by Gasteiger charge is 2.16. The summed E-state index contributed by atoms with van der Waals surface area (Å²) in [4.78, 5) is 39.4. The zero-order valence-corrected chi connectivity index (χ0v) is 24.6. The van der Waals surface area contributed by atoms with Crippen molar-refractivity contribution in [2.24, 2.45) is 0 Å². The molecule has 0 fully saturated rings. The van der Waals surface area contributed by atoms with Crippen LogP contribution >= 0.6 is 39.3 Å². The molecule has 4 aromatic carbocycles. The first-order chi connectivity index (χ1) is 19.3. The fourth-order valence-corrected chi connectivity index (χ4v) is 4.94. The number of thioether (sulfide) groups is 1. The van der Waals surface area contributed by atoms with Crippen LogP contribution < -0.4 is 16.0 Å². The van der Waals surface area contributed by atoms with Gasteiger partial charge in [0.05, 0.1) is 5.75 Å². The van der Waals surface area contributed by atoms with Crippen molar-refractivity contribution in [3.63, 3.8) is 0 Å². The minimum absolute atomic E-state index is 0.0844. The van der Waals surface area contributed by atoms with Crippen molar-refractivity contribution in [1.82, 2.24) is 5.32 Å². The lowest BCUT2D eigenvalue weighted by Crippen LogP contribution is -2.30. The predicted molar refractivity (Wildman–Crippen MR) is 167 cm³/mol.